The van der Waals surface area contributed by atoms with Crippen molar-refractivity contribution in [2.24, 2.45) is 0 Å². The van der Waals surface area contributed by atoms with Crippen molar-refractivity contribution in [1.29, 1.82) is 0 Å². The molecule has 7 heteroatoms. The lowest BCUT2D eigenvalue weighted by Gasteiger charge is -2.31. The van der Waals surface area contributed by atoms with Gasteiger partial charge in [0.05, 0.1) is 0 Å². The van der Waals surface area contributed by atoms with Crippen LogP contribution in [-0.2, 0) is 16.1 Å². The van der Waals surface area contributed by atoms with E-state index in [9.17, 15) is 9.59 Å². The largest absolute Gasteiger partial charge is 0.484 e. The normalized spacial score (nSPS) is 12.7. The first-order valence-electron chi connectivity index (χ1n) is 10.1. The zero-order valence-electron chi connectivity index (χ0n) is 17.5. The minimum absolute atomic E-state index is 0.0199. The van der Waals surface area contributed by atoms with Gasteiger partial charge < -0.3 is 15.0 Å². The smallest absolute Gasteiger partial charge is 0.261 e. The van der Waals surface area contributed by atoms with E-state index in [1.807, 2.05) is 39.0 Å². The number of carbonyl (C=O) groups excluding carboxylic acids is 2. The molecule has 0 spiro atoms. The van der Waals surface area contributed by atoms with Gasteiger partial charge in [0.1, 0.15) is 11.8 Å². The van der Waals surface area contributed by atoms with Gasteiger partial charge in [-0.05, 0) is 49.6 Å². The van der Waals surface area contributed by atoms with E-state index in [1.165, 1.54) is 4.90 Å². The minimum atomic E-state index is -0.634. The number of carbonyl (C=O) groups is 2. The van der Waals surface area contributed by atoms with Crippen LogP contribution in [0.5, 0.6) is 5.75 Å². The second-order valence-corrected chi connectivity index (χ2v) is 7.94. The Bertz CT molecular complexity index is 860. The maximum absolute atomic E-state index is 13.1. The van der Waals surface area contributed by atoms with E-state index in [4.69, 9.17) is 27.9 Å². The molecule has 0 heterocycles. The average Bonchev–Trinajstić information content (AvgIpc) is 2.73. The third-order valence-electron chi connectivity index (χ3n) is 4.84. The Kier molecular flexibility index (Phi) is 9.47. The monoisotopic (exact) mass is 450 g/mol. The van der Waals surface area contributed by atoms with Crippen LogP contribution in [0, 0.1) is 0 Å². The first-order chi connectivity index (χ1) is 14.3. The lowest BCUT2D eigenvalue weighted by Crippen LogP contribution is -2.51. The molecule has 0 saturated heterocycles. The Balaban J connectivity index is 2.23. The van der Waals surface area contributed by atoms with Crippen LogP contribution in [0.15, 0.2) is 48.5 Å². The summed E-state index contributed by atoms with van der Waals surface area (Å²) in [5, 5.41) is 4.04. The van der Waals surface area contributed by atoms with Crippen LogP contribution in [0.4, 0.5) is 0 Å². The molecule has 2 atom stereocenters. The molecule has 2 amide bonds. The van der Waals surface area contributed by atoms with E-state index in [0.717, 1.165) is 12.0 Å². The number of halogens is 2. The Hall–Kier alpha value is -2.24. The maximum Gasteiger partial charge on any atom is 0.261 e. The quantitative estimate of drug-likeness (QED) is 0.547. The molecule has 0 aliphatic carbocycles. The predicted molar refractivity (Wildman–Crippen MR) is 121 cm³/mol. The lowest BCUT2D eigenvalue weighted by molar-refractivity contribution is -0.143. The van der Waals surface area contributed by atoms with Crippen molar-refractivity contribution in [3.63, 3.8) is 0 Å². The number of nitrogens with one attached hydrogen (secondary N) is 1. The number of hydrogen-bond acceptors (Lipinski definition) is 3. The summed E-state index contributed by atoms with van der Waals surface area (Å²) in [5.41, 5.74) is 0.769. The molecule has 2 unspecified atom stereocenters. The number of ether oxygens (including phenoxy) is 1. The van der Waals surface area contributed by atoms with Crippen molar-refractivity contribution in [1.82, 2.24) is 10.2 Å². The fraction of sp³-hybridized carbons (Fsp3) is 0.391. The lowest BCUT2D eigenvalue weighted by atomic mass is 10.1. The van der Waals surface area contributed by atoms with Gasteiger partial charge in [-0.3, -0.25) is 9.59 Å². The molecular formula is C23H28Cl2N2O3. The Morgan fingerprint density at radius 3 is 2.43 bits per heavy atom. The molecule has 0 fully saturated rings. The van der Waals surface area contributed by atoms with Crippen LogP contribution in [-0.4, -0.2) is 35.4 Å². The first kappa shape index (κ1) is 24.0. The van der Waals surface area contributed by atoms with Crippen LogP contribution >= 0.6 is 23.2 Å². The van der Waals surface area contributed by atoms with Gasteiger partial charge in [-0.15, -0.1) is 0 Å². The SMILES string of the molecule is CCC(C)NC(=O)C(CC)N(Cc1ccccc1Cl)C(=O)COc1cccc(Cl)c1. The van der Waals surface area contributed by atoms with Gasteiger partial charge in [0.15, 0.2) is 6.61 Å². The summed E-state index contributed by atoms with van der Waals surface area (Å²) in [5.74, 6) is 0.00158. The number of amides is 2. The number of benzene rings is 2. The molecule has 2 aromatic rings. The molecule has 1 N–H and O–H groups in total. The molecule has 0 radical (unpaired) electrons. The third-order valence-corrected chi connectivity index (χ3v) is 5.45. The van der Waals surface area contributed by atoms with Crippen molar-refractivity contribution < 1.29 is 14.3 Å². The highest BCUT2D eigenvalue weighted by Crippen LogP contribution is 2.21. The molecule has 0 aromatic heterocycles. The van der Waals surface area contributed by atoms with Crippen molar-refractivity contribution in [3.05, 3.63) is 64.1 Å². The standard InChI is InChI=1S/C23H28Cl2N2O3/c1-4-16(3)26-23(29)21(5-2)27(14-17-9-6-7-12-20(17)25)22(28)15-30-19-11-8-10-18(24)13-19/h6-13,16,21H,4-5,14-15H2,1-3H3,(H,26,29). The predicted octanol–water partition coefficient (Wildman–Crippen LogP) is 5.09. The zero-order valence-corrected chi connectivity index (χ0v) is 19.0. The fourth-order valence-electron chi connectivity index (χ4n) is 2.96. The highest BCUT2D eigenvalue weighted by molar-refractivity contribution is 6.31. The van der Waals surface area contributed by atoms with Gasteiger partial charge in [-0.25, -0.2) is 0 Å². The highest BCUT2D eigenvalue weighted by atomic mass is 35.5. The summed E-state index contributed by atoms with van der Waals surface area (Å²) in [6.07, 6.45) is 1.27. The minimum Gasteiger partial charge on any atom is -0.484 e. The Morgan fingerprint density at radius 1 is 1.07 bits per heavy atom. The van der Waals surface area contributed by atoms with E-state index < -0.39 is 6.04 Å². The molecule has 0 bridgehead atoms. The van der Waals surface area contributed by atoms with Gasteiger partial charge in [-0.1, -0.05) is 61.3 Å². The van der Waals surface area contributed by atoms with Gasteiger partial charge in [0, 0.05) is 22.6 Å². The van der Waals surface area contributed by atoms with Crippen molar-refractivity contribution in [2.75, 3.05) is 6.61 Å². The van der Waals surface area contributed by atoms with Crippen molar-refractivity contribution in [2.45, 2.75) is 52.2 Å². The molecule has 0 aliphatic rings. The van der Waals surface area contributed by atoms with Gasteiger partial charge in [0.25, 0.3) is 5.91 Å². The Morgan fingerprint density at radius 2 is 1.80 bits per heavy atom. The van der Waals surface area contributed by atoms with Crippen LogP contribution < -0.4 is 10.1 Å². The first-order valence-corrected chi connectivity index (χ1v) is 10.8. The van der Waals surface area contributed by atoms with Crippen LogP contribution in [0.3, 0.4) is 0 Å². The van der Waals surface area contributed by atoms with Gasteiger partial charge in [0.2, 0.25) is 5.91 Å². The van der Waals surface area contributed by atoms with Crippen LogP contribution in [0.1, 0.15) is 39.2 Å². The van der Waals surface area contributed by atoms with E-state index >= 15 is 0 Å². The molecule has 162 valence electrons. The zero-order chi connectivity index (χ0) is 22.1. The van der Waals surface area contributed by atoms with Gasteiger partial charge >= 0.3 is 0 Å². The molecule has 0 saturated carbocycles. The maximum atomic E-state index is 13.1. The van der Waals surface area contributed by atoms with E-state index in [2.05, 4.69) is 5.32 Å². The summed E-state index contributed by atoms with van der Waals surface area (Å²) in [4.78, 5) is 27.5. The summed E-state index contributed by atoms with van der Waals surface area (Å²) < 4.78 is 5.63. The molecular weight excluding hydrogens is 423 g/mol. The summed E-state index contributed by atoms with van der Waals surface area (Å²) in [6, 6.07) is 13.5. The molecule has 2 rings (SSSR count). The molecule has 2 aromatic carbocycles. The van der Waals surface area contributed by atoms with Crippen LogP contribution in [0.25, 0.3) is 0 Å². The van der Waals surface area contributed by atoms with Crippen molar-refractivity contribution in [3.8, 4) is 5.75 Å². The number of nitrogens with zero attached hydrogens (tertiary/aromatic N) is 1. The van der Waals surface area contributed by atoms with Gasteiger partial charge in [-0.2, -0.15) is 0 Å². The van der Waals surface area contributed by atoms with Crippen molar-refractivity contribution >= 4 is 35.0 Å². The second kappa shape index (κ2) is 11.8. The fourth-order valence-corrected chi connectivity index (χ4v) is 3.33. The summed E-state index contributed by atoms with van der Waals surface area (Å²) in [7, 11) is 0. The summed E-state index contributed by atoms with van der Waals surface area (Å²) in [6.45, 7) is 5.82. The number of hydrogen-bond donors (Lipinski definition) is 1. The van der Waals surface area contributed by atoms with E-state index in [0.29, 0.717) is 22.2 Å². The molecule has 0 aliphatic heterocycles. The molecule has 5 nitrogen and oxygen atoms in total. The average molecular weight is 451 g/mol. The summed E-state index contributed by atoms with van der Waals surface area (Å²) >= 11 is 12.3. The van der Waals surface area contributed by atoms with Crippen LogP contribution in [0.2, 0.25) is 10.0 Å². The van der Waals surface area contributed by atoms with E-state index in [-0.39, 0.29) is 31.0 Å². The topological polar surface area (TPSA) is 58.6 Å². The second-order valence-electron chi connectivity index (χ2n) is 7.10. The number of rotatable bonds is 10. The van der Waals surface area contributed by atoms with E-state index in [1.54, 1.807) is 30.3 Å². The highest BCUT2D eigenvalue weighted by Gasteiger charge is 2.30. The third kappa shape index (κ3) is 6.92. The Labute approximate surface area is 188 Å². The molecule has 30 heavy (non-hydrogen) atoms.